The maximum Gasteiger partial charge on any atom is 0.234 e. The SMILES string of the molecule is O=C(CSC1NC(=O)C2CNN(c3ccccc3)C2N1)Nc1ccccc1. The zero-order chi connectivity index (χ0) is 18.6. The van der Waals surface area contributed by atoms with Crippen molar-refractivity contribution >= 4 is 35.0 Å². The van der Waals surface area contributed by atoms with E-state index in [-0.39, 0.29) is 35.1 Å². The zero-order valence-electron chi connectivity index (χ0n) is 14.6. The van der Waals surface area contributed by atoms with E-state index in [2.05, 4.69) is 21.4 Å². The molecule has 0 aromatic heterocycles. The fourth-order valence-electron chi connectivity index (χ4n) is 3.25. The highest BCUT2D eigenvalue weighted by atomic mass is 32.2. The highest BCUT2D eigenvalue weighted by molar-refractivity contribution is 8.00. The van der Waals surface area contributed by atoms with Crippen LogP contribution in [0.4, 0.5) is 11.4 Å². The fourth-order valence-corrected chi connectivity index (χ4v) is 4.08. The molecule has 0 saturated carbocycles. The van der Waals surface area contributed by atoms with Crippen molar-refractivity contribution in [1.29, 1.82) is 0 Å². The van der Waals surface area contributed by atoms with Crippen LogP contribution in [0.25, 0.3) is 0 Å². The molecule has 2 aromatic rings. The highest BCUT2D eigenvalue weighted by Crippen LogP contribution is 2.26. The summed E-state index contributed by atoms with van der Waals surface area (Å²) in [7, 11) is 0. The highest BCUT2D eigenvalue weighted by Gasteiger charge is 2.44. The number of carbonyl (C=O) groups excluding carboxylic acids is 2. The first-order valence-electron chi connectivity index (χ1n) is 8.81. The number of hydrogen-bond acceptors (Lipinski definition) is 6. The first-order chi connectivity index (χ1) is 13.2. The van der Waals surface area contributed by atoms with E-state index < -0.39 is 0 Å². The minimum absolute atomic E-state index is 0.00866. The van der Waals surface area contributed by atoms with Crippen LogP contribution >= 0.6 is 11.8 Å². The van der Waals surface area contributed by atoms with Crippen LogP contribution < -0.4 is 26.4 Å². The number of hydrazine groups is 1. The molecule has 2 heterocycles. The van der Waals surface area contributed by atoms with Crippen molar-refractivity contribution in [3.63, 3.8) is 0 Å². The van der Waals surface area contributed by atoms with Gasteiger partial charge < -0.3 is 10.6 Å². The average molecular weight is 383 g/mol. The molecule has 0 aliphatic carbocycles. The van der Waals surface area contributed by atoms with E-state index in [1.165, 1.54) is 11.8 Å². The Morgan fingerprint density at radius 2 is 1.81 bits per heavy atom. The molecule has 3 unspecified atom stereocenters. The lowest BCUT2D eigenvalue weighted by atomic mass is 10.1. The maximum absolute atomic E-state index is 12.5. The molecule has 27 heavy (non-hydrogen) atoms. The lowest BCUT2D eigenvalue weighted by Gasteiger charge is -2.37. The van der Waals surface area contributed by atoms with Crippen molar-refractivity contribution in [1.82, 2.24) is 16.1 Å². The molecular weight excluding hydrogens is 362 g/mol. The number of rotatable bonds is 5. The van der Waals surface area contributed by atoms with Gasteiger partial charge in [-0.15, -0.1) is 11.8 Å². The standard InChI is InChI=1S/C19H21N5O2S/c25-16(21-13-7-3-1-4-8-13)12-27-19-22-17-15(18(26)23-19)11-20-24(17)14-9-5-2-6-10-14/h1-10,15,17,19-20,22H,11-12H2,(H,21,25)(H,23,26). The Bertz CT molecular complexity index is 804. The molecule has 2 aliphatic heterocycles. The van der Waals surface area contributed by atoms with E-state index in [4.69, 9.17) is 0 Å². The number of nitrogens with zero attached hydrogens (tertiary/aromatic N) is 1. The molecule has 3 atom stereocenters. The van der Waals surface area contributed by atoms with Gasteiger partial charge in [0, 0.05) is 12.2 Å². The van der Waals surface area contributed by atoms with Gasteiger partial charge in [-0.2, -0.15) is 0 Å². The van der Waals surface area contributed by atoms with Gasteiger partial charge in [-0.3, -0.25) is 19.9 Å². The topological polar surface area (TPSA) is 85.5 Å². The van der Waals surface area contributed by atoms with Gasteiger partial charge in [-0.1, -0.05) is 36.4 Å². The molecule has 4 rings (SSSR count). The number of benzene rings is 2. The first kappa shape index (κ1) is 17.8. The second-order valence-corrected chi connectivity index (χ2v) is 7.49. The molecular formula is C19H21N5O2S. The van der Waals surface area contributed by atoms with Crippen LogP contribution in [-0.2, 0) is 9.59 Å². The molecule has 0 bridgehead atoms. The van der Waals surface area contributed by atoms with Gasteiger partial charge in [0.25, 0.3) is 0 Å². The van der Waals surface area contributed by atoms with Crippen molar-refractivity contribution in [3.8, 4) is 0 Å². The molecule has 2 amide bonds. The molecule has 140 valence electrons. The number of amides is 2. The van der Waals surface area contributed by atoms with Gasteiger partial charge in [0.2, 0.25) is 11.8 Å². The Morgan fingerprint density at radius 3 is 2.56 bits per heavy atom. The Morgan fingerprint density at radius 1 is 1.11 bits per heavy atom. The number of nitrogens with one attached hydrogen (secondary N) is 4. The van der Waals surface area contributed by atoms with Gasteiger partial charge in [0.05, 0.1) is 17.4 Å². The quantitative estimate of drug-likeness (QED) is 0.623. The molecule has 4 N–H and O–H groups in total. The van der Waals surface area contributed by atoms with Gasteiger partial charge in [0.1, 0.15) is 11.7 Å². The summed E-state index contributed by atoms with van der Waals surface area (Å²) < 4.78 is 0. The van der Waals surface area contributed by atoms with Crippen LogP contribution in [0.1, 0.15) is 0 Å². The summed E-state index contributed by atoms with van der Waals surface area (Å²) in [5, 5.41) is 11.2. The minimum Gasteiger partial charge on any atom is -0.331 e. The largest absolute Gasteiger partial charge is 0.331 e. The van der Waals surface area contributed by atoms with E-state index in [9.17, 15) is 9.59 Å². The first-order valence-corrected chi connectivity index (χ1v) is 9.86. The summed E-state index contributed by atoms with van der Waals surface area (Å²) in [5.74, 6) is -0.0529. The number of thioether (sulfide) groups is 1. The Labute approximate surface area is 161 Å². The third kappa shape index (κ3) is 4.08. The number of carbonyl (C=O) groups is 2. The lowest BCUT2D eigenvalue weighted by Crippen LogP contribution is -2.63. The molecule has 0 spiro atoms. The van der Waals surface area contributed by atoms with Crippen molar-refractivity contribution in [2.75, 3.05) is 22.6 Å². The van der Waals surface area contributed by atoms with Crippen LogP contribution in [0.5, 0.6) is 0 Å². The second kappa shape index (κ2) is 7.99. The predicted octanol–water partition coefficient (Wildman–Crippen LogP) is 1.33. The molecule has 7 nitrogen and oxygen atoms in total. The fraction of sp³-hybridized carbons (Fsp3) is 0.263. The Hall–Kier alpha value is -2.55. The van der Waals surface area contributed by atoms with E-state index in [1.807, 2.05) is 65.7 Å². The second-order valence-electron chi connectivity index (χ2n) is 6.40. The molecule has 2 aliphatic rings. The molecule has 0 radical (unpaired) electrons. The van der Waals surface area contributed by atoms with Crippen LogP contribution in [0.3, 0.4) is 0 Å². The lowest BCUT2D eigenvalue weighted by molar-refractivity contribution is -0.127. The molecule has 8 heteroatoms. The summed E-state index contributed by atoms with van der Waals surface area (Å²) >= 11 is 1.37. The van der Waals surface area contributed by atoms with Crippen LogP contribution in [0.2, 0.25) is 0 Å². The number of anilines is 2. The van der Waals surface area contributed by atoms with Crippen molar-refractivity contribution in [2.24, 2.45) is 5.92 Å². The maximum atomic E-state index is 12.5. The number of hydrogen-bond donors (Lipinski definition) is 4. The summed E-state index contributed by atoms with van der Waals surface area (Å²) in [5.41, 5.74) is 4.72. The summed E-state index contributed by atoms with van der Waals surface area (Å²) in [4.78, 5) is 24.6. The molecule has 2 saturated heterocycles. The Balaban J connectivity index is 1.36. The van der Waals surface area contributed by atoms with Crippen LogP contribution in [0, 0.1) is 5.92 Å². The third-order valence-electron chi connectivity index (χ3n) is 4.55. The number of para-hydroxylation sites is 2. The van der Waals surface area contributed by atoms with Crippen LogP contribution in [-0.4, -0.2) is 35.8 Å². The number of fused-ring (bicyclic) bond motifs is 1. The molecule has 2 fully saturated rings. The van der Waals surface area contributed by atoms with Crippen molar-refractivity contribution in [3.05, 3.63) is 60.7 Å². The smallest absolute Gasteiger partial charge is 0.234 e. The van der Waals surface area contributed by atoms with Crippen molar-refractivity contribution in [2.45, 2.75) is 11.7 Å². The van der Waals surface area contributed by atoms with Crippen LogP contribution in [0.15, 0.2) is 60.7 Å². The molecule has 2 aromatic carbocycles. The summed E-state index contributed by atoms with van der Waals surface area (Å²) in [6, 6.07) is 19.2. The van der Waals surface area contributed by atoms with E-state index in [0.717, 1.165) is 11.4 Å². The van der Waals surface area contributed by atoms with Gasteiger partial charge in [-0.25, -0.2) is 5.43 Å². The summed E-state index contributed by atoms with van der Waals surface area (Å²) in [6.45, 7) is 0.574. The van der Waals surface area contributed by atoms with Crippen molar-refractivity contribution < 1.29 is 9.59 Å². The third-order valence-corrected chi connectivity index (χ3v) is 5.56. The zero-order valence-corrected chi connectivity index (χ0v) is 15.4. The van der Waals surface area contributed by atoms with Gasteiger partial charge in [0.15, 0.2) is 0 Å². The summed E-state index contributed by atoms with van der Waals surface area (Å²) in [6.07, 6.45) is -0.157. The average Bonchev–Trinajstić information content (AvgIpc) is 3.12. The van der Waals surface area contributed by atoms with E-state index in [1.54, 1.807) is 0 Å². The minimum atomic E-state index is -0.327. The normalized spacial score (nSPS) is 24.2. The Kier molecular flexibility index (Phi) is 5.28. The van der Waals surface area contributed by atoms with Gasteiger partial charge in [-0.05, 0) is 24.3 Å². The van der Waals surface area contributed by atoms with Gasteiger partial charge >= 0.3 is 0 Å². The van der Waals surface area contributed by atoms with E-state index >= 15 is 0 Å². The monoisotopic (exact) mass is 383 g/mol. The predicted molar refractivity (Wildman–Crippen MR) is 107 cm³/mol. The van der Waals surface area contributed by atoms with E-state index in [0.29, 0.717) is 6.54 Å².